The minimum Gasteiger partial charge on any atom is -0.460 e. The van der Waals surface area contributed by atoms with Crippen LogP contribution in [0.25, 0.3) is 11.2 Å². The molecule has 10 heteroatoms. The number of rotatable bonds is 5. The fourth-order valence-corrected chi connectivity index (χ4v) is 3.35. The standard InChI is InChI=1S/C17H24N6O4/c1-7(2)12(18)16(26)27-11-4-10(8(3)9(11)5-24)23-6-20-13-14(23)21-17(19)22-15(13)25/h6-7,9-12,24H,3-5,18H2,1-2H3,(H3,19,21,22,25)/t9-,10-,11-,12-/m0/s1. The number of nitrogens with one attached hydrogen (secondary N) is 1. The number of nitrogen functional groups attached to an aromatic ring is 1. The molecule has 1 saturated carbocycles. The van der Waals surface area contributed by atoms with Crippen molar-refractivity contribution in [3.8, 4) is 0 Å². The molecule has 0 spiro atoms. The molecule has 1 aliphatic carbocycles. The highest BCUT2D eigenvalue weighted by Gasteiger charge is 2.42. The first-order valence-corrected chi connectivity index (χ1v) is 8.72. The third-order valence-corrected chi connectivity index (χ3v) is 5.05. The molecule has 0 amide bonds. The Hall–Kier alpha value is -2.72. The Morgan fingerprint density at radius 1 is 1.56 bits per heavy atom. The van der Waals surface area contributed by atoms with Crippen LogP contribution in [0.4, 0.5) is 5.95 Å². The molecular weight excluding hydrogens is 352 g/mol. The van der Waals surface area contributed by atoms with Crippen molar-refractivity contribution in [1.82, 2.24) is 19.5 Å². The predicted molar refractivity (Wildman–Crippen MR) is 98.6 cm³/mol. The molecule has 0 aromatic carbocycles. The van der Waals surface area contributed by atoms with Gasteiger partial charge in [0.05, 0.1) is 19.0 Å². The lowest BCUT2D eigenvalue weighted by molar-refractivity contribution is -0.153. The van der Waals surface area contributed by atoms with Crippen LogP contribution < -0.4 is 17.0 Å². The highest BCUT2D eigenvalue weighted by atomic mass is 16.5. The number of carbonyl (C=O) groups excluding carboxylic acids is 1. The topological polar surface area (TPSA) is 162 Å². The number of aromatic nitrogens is 4. The van der Waals surface area contributed by atoms with Gasteiger partial charge in [-0.15, -0.1) is 0 Å². The van der Waals surface area contributed by atoms with E-state index < -0.39 is 29.6 Å². The predicted octanol–water partition coefficient (Wildman–Crippen LogP) is -0.294. The molecule has 2 heterocycles. The number of imidazole rings is 1. The summed E-state index contributed by atoms with van der Waals surface area (Å²) in [5.41, 5.74) is 12.2. The summed E-state index contributed by atoms with van der Waals surface area (Å²) in [6.07, 6.45) is 1.25. The molecule has 2 aromatic rings. The van der Waals surface area contributed by atoms with Gasteiger partial charge in [0.25, 0.3) is 5.56 Å². The van der Waals surface area contributed by atoms with E-state index in [1.165, 1.54) is 6.33 Å². The Labute approximate surface area is 155 Å². The Balaban J connectivity index is 1.91. The third kappa shape index (κ3) is 3.33. The van der Waals surface area contributed by atoms with Gasteiger partial charge in [-0.25, -0.2) is 4.98 Å². The van der Waals surface area contributed by atoms with Crippen LogP contribution >= 0.6 is 0 Å². The summed E-state index contributed by atoms with van der Waals surface area (Å²) in [6.45, 7) is 7.49. The Morgan fingerprint density at radius 3 is 2.89 bits per heavy atom. The SMILES string of the molecule is C=C1[C@H](CO)[C@@H](OC(=O)[C@@H](N)C(C)C)C[C@@H]1n1cnc2c(=O)[nH]c(N)nc21. The van der Waals surface area contributed by atoms with Crippen LogP contribution in [0.5, 0.6) is 0 Å². The molecule has 3 rings (SSSR count). The maximum absolute atomic E-state index is 12.3. The van der Waals surface area contributed by atoms with Crippen molar-refractivity contribution in [3.05, 3.63) is 28.8 Å². The zero-order valence-electron chi connectivity index (χ0n) is 15.3. The fraction of sp³-hybridized carbons (Fsp3) is 0.529. The number of aliphatic hydroxyl groups excluding tert-OH is 1. The summed E-state index contributed by atoms with van der Waals surface area (Å²) < 4.78 is 7.23. The average molecular weight is 376 g/mol. The first-order chi connectivity index (χ1) is 12.7. The molecule has 27 heavy (non-hydrogen) atoms. The summed E-state index contributed by atoms with van der Waals surface area (Å²) >= 11 is 0. The molecule has 6 N–H and O–H groups in total. The van der Waals surface area contributed by atoms with E-state index in [9.17, 15) is 14.7 Å². The summed E-state index contributed by atoms with van der Waals surface area (Å²) in [5.74, 6) is -1.06. The van der Waals surface area contributed by atoms with Gasteiger partial charge in [-0.3, -0.25) is 14.6 Å². The van der Waals surface area contributed by atoms with E-state index in [2.05, 4.69) is 21.5 Å². The number of hydrogen-bond acceptors (Lipinski definition) is 8. The van der Waals surface area contributed by atoms with E-state index in [-0.39, 0.29) is 30.0 Å². The molecule has 146 valence electrons. The molecular formula is C17H24N6O4. The largest absolute Gasteiger partial charge is 0.460 e. The second-order valence-corrected chi connectivity index (χ2v) is 7.14. The highest BCUT2D eigenvalue weighted by molar-refractivity contribution is 5.76. The molecule has 4 atom stereocenters. The van der Waals surface area contributed by atoms with E-state index in [4.69, 9.17) is 16.2 Å². The number of aliphatic hydroxyl groups is 1. The second-order valence-electron chi connectivity index (χ2n) is 7.14. The van der Waals surface area contributed by atoms with Crippen LogP contribution in [-0.2, 0) is 9.53 Å². The number of H-pyrrole nitrogens is 1. The van der Waals surface area contributed by atoms with Crippen LogP contribution in [0.15, 0.2) is 23.3 Å². The third-order valence-electron chi connectivity index (χ3n) is 5.05. The normalized spacial score (nSPS) is 23.9. The average Bonchev–Trinajstić information content (AvgIpc) is 3.14. The number of ether oxygens (including phenoxy) is 1. The first kappa shape index (κ1) is 19.1. The lowest BCUT2D eigenvalue weighted by atomic mass is 10.0. The van der Waals surface area contributed by atoms with E-state index >= 15 is 0 Å². The monoisotopic (exact) mass is 376 g/mol. The highest BCUT2D eigenvalue weighted by Crippen LogP contribution is 2.41. The van der Waals surface area contributed by atoms with Crippen molar-refractivity contribution < 1.29 is 14.6 Å². The van der Waals surface area contributed by atoms with Crippen molar-refractivity contribution in [2.45, 2.75) is 38.5 Å². The number of esters is 1. The minimum absolute atomic E-state index is 0.0255. The molecule has 1 aliphatic rings. The Kier molecular flexibility index (Phi) is 5.03. The number of aromatic amines is 1. The van der Waals surface area contributed by atoms with E-state index in [0.29, 0.717) is 17.6 Å². The van der Waals surface area contributed by atoms with Crippen LogP contribution in [-0.4, -0.2) is 49.3 Å². The maximum Gasteiger partial charge on any atom is 0.323 e. The zero-order chi connectivity index (χ0) is 19.9. The smallest absolute Gasteiger partial charge is 0.323 e. The lowest BCUT2D eigenvalue weighted by Crippen LogP contribution is -2.40. The van der Waals surface area contributed by atoms with E-state index in [1.807, 2.05) is 13.8 Å². The molecule has 0 bridgehead atoms. The number of anilines is 1. The minimum atomic E-state index is -0.745. The van der Waals surface area contributed by atoms with Crippen molar-refractivity contribution in [2.75, 3.05) is 12.3 Å². The molecule has 0 radical (unpaired) electrons. The molecule has 0 unspecified atom stereocenters. The van der Waals surface area contributed by atoms with Crippen molar-refractivity contribution in [1.29, 1.82) is 0 Å². The molecule has 1 fully saturated rings. The van der Waals surface area contributed by atoms with Crippen molar-refractivity contribution in [2.24, 2.45) is 17.6 Å². The van der Waals surface area contributed by atoms with Gasteiger partial charge in [-0.1, -0.05) is 20.4 Å². The van der Waals surface area contributed by atoms with Crippen molar-refractivity contribution >= 4 is 23.1 Å². The van der Waals surface area contributed by atoms with Gasteiger partial charge in [0, 0.05) is 12.3 Å². The summed E-state index contributed by atoms with van der Waals surface area (Å²) in [4.78, 5) is 34.9. The molecule has 10 nitrogen and oxygen atoms in total. The fourth-order valence-electron chi connectivity index (χ4n) is 3.35. The zero-order valence-corrected chi connectivity index (χ0v) is 15.3. The molecule has 0 saturated heterocycles. The number of fused-ring (bicyclic) bond motifs is 1. The number of nitrogens with zero attached hydrogens (tertiary/aromatic N) is 3. The Morgan fingerprint density at radius 2 is 2.26 bits per heavy atom. The van der Waals surface area contributed by atoms with Gasteiger partial charge in [-0.2, -0.15) is 4.98 Å². The number of hydrogen-bond donors (Lipinski definition) is 4. The number of nitrogens with two attached hydrogens (primary N) is 2. The summed E-state index contributed by atoms with van der Waals surface area (Å²) in [6, 6.07) is -1.10. The van der Waals surface area contributed by atoms with Gasteiger partial charge in [0.2, 0.25) is 5.95 Å². The maximum atomic E-state index is 12.3. The van der Waals surface area contributed by atoms with E-state index in [0.717, 1.165) is 0 Å². The molecule has 2 aromatic heterocycles. The van der Waals surface area contributed by atoms with Gasteiger partial charge in [-0.05, 0) is 11.5 Å². The van der Waals surface area contributed by atoms with Gasteiger partial charge in [0.1, 0.15) is 12.1 Å². The quantitative estimate of drug-likeness (QED) is 0.408. The van der Waals surface area contributed by atoms with Gasteiger partial charge in [0.15, 0.2) is 11.2 Å². The van der Waals surface area contributed by atoms with E-state index in [1.54, 1.807) is 4.57 Å². The van der Waals surface area contributed by atoms with Crippen LogP contribution in [0.3, 0.4) is 0 Å². The summed E-state index contributed by atoms with van der Waals surface area (Å²) in [7, 11) is 0. The van der Waals surface area contributed by atoms with Gasteiger partial charge >= 0.3 is 5.97 Å². The van der Waals surface area contributed by atoms with Crippen molar-refractivity contribution in [3.63, 3.8) is 0 Å². The second kappa shape index (κ2) is 7.12. The molecule has 0 aliphatic heterocycles. The van der Waals surface area contributed by atoms with Gasteiger partial charge < -0.3 is 25.9 Å². The number of carbonyl (C=O) groups is 1. The lowest BCUT2D eigenvalue weighted by Gasteiger charge is -2.22. The first-order valence-electron chi connectivity index (χ1n) is 8.72. The summed E-state index contributed by atoms with van der Waals surface area (Å²) in [5, 5.41) is 9.79. The van der Waals surface area contributed by atoms with Crippen LogP contribution in [0.1, 0.15) is 26.3 Å². The van der Waals surface area contributed by atoms with Crippen LogP contribution in [0.2, 0.25) is 0 Å². The van der Waals surface area contributed by atoms with Crippen LogP contribution in [0, 0.1) is 11.8 Å². The Bertz CT molecular complexity index is 933.